The molecular formula is C23H41IN6O. The Kier molecular flexibility index (Phi) is 11.9. The Morgan fingerprint density at radius 3 is 2.23 bits per heavy atom. The molecule has 0 bridgehead atoms. The number of guanidine groups is 1. The predicted molar refractivity (Wildman–Crippen MR) is 140 cm³/mol. The van der Waals surface area contributed by atoms with Crippen LogP contribution in [0.4, 0.5) is 0 Å². The molecule has 2 heterocycles. The van der Waals surface area contributed by atoms with Crippen molar-refractivity contribution in [2.75, 3.05) is 79.6 Å². The molecule has 2 N–H and O–H groups in total. The van der Waals surface area contributed by atoms with Crippen LogP contribution in [0, 0.1) is 0 Å². The van der Waals surface area contributed by atoms with Crippen molar-refractivity contribution in [1.29, 1.82) is 0 Å². The van der Waals surface area contributed by atoms with Gasteiger partial charge in [-0.1, -0.05) is 19.1 Å². The van der Waals surface area contributed by atoms with Crippen LogP contribution in [0.25, 0.3) is 0 Å². The van der Waals surface area contributed by atoms with Crippen LogP contribution in [0.5, 0.6) is 5.75 Å². The fraction of sp³-hybridized carbons (Fsp3) is 0.696. The topological polar surface area (TPSA) is 55.4 Å². The molecule has 2 fully saturated rings. The first-order valence-electron chi connectivity index (χ1n) is 11.5. The van der Waals surface area contributed by atoms with E-state index in [1.54, 1.807) is 7.11 Å². The summed E-state index contributed by atoms with van der Waals surface area (Å²) in [7, 11) is 3.57. The molecule has 0 spiro atoms. The Morgan fingerprint density at radius 1 is 1.00 bits per heavy atom. The van der Waals surface area contributed by atoms with Crippen LogP contribution in [-0.4, -0.2) is 100 Å². The Balaban J connectivity index is 0.00000341. The summed E-state index contributed by atoms with van der Waals surface area (Å²) in [5.74, 6) is 1.80. The van der Waals surface area contributed by atoms with E-state index in [-0.39, 0.29) is 24.0 Å². The van der Waals surface area contributed by atoms with Gasteiger partial charge in [0.25, 0.3) is 0 Å². The lowest BCUT2D eigenvalue weighted by Crippen LogP contribution is -2.49. The molecule has 2 aliphatic rings. The highest BCUT2D eigenvalue weighted by Gasteiger charge is 2.24. The highest BCUT2D eigenvalue weighted by Crippen LogP contribution is 2.26. The van der Waals surface area contributed by atoms with E-state index >= 15 is 0 Å². The smallest absolute Gasteiger partial charge is 0.191 e. The van der Waals surface area contributed by atoms with Crippen molar-refractivity contribution in [3.63, 3.8) is 0 Å². The molecule has 2 saturated heterocycles. The van der Waals surface area contributed by atoms with Gasteiger partial charge in [-0.25, -0.2) is 0 Å². The van der Waals surface area contributed by atoms with Gasteiger partial charge < -0.3 is 20.3 Å². The van der Waals surface area contributed by atoms with Gasteiger partial charge in [-0.3, -0.25) is 14.8 Å². The minimum atomic E-state index is 0. The van der Waals surface area contributed by atoms with Crippen molar-refractivity contribution in [2.45, 2.75) is 25.8 Å². The number of ether oxygens (including phenoxy) is 1. The molecule has 176 valence electrons. The third kappa shape index (κ3) is 8.07. The summed E-state index contributed by atoms with van der Waals surface area (Å²) in [5.41, 5.74) is 1.33. The number of likely N-dealkylation sites (tertiary alicyclic amines) is 1. The lowest BCUT2D eigenvalue weighted by atomic mass is 10.1. The van der Waals surface area contributed by atoms with E-state index in [0.717, 1.165) is 64.1 Å². The molecule has 0 radical (unpaired) electrons. The molecule has 2 aliphatic heterocycles. The number of piperazine rings is 1. The van der Waals surface area contributed by atoms with Gasteiger partial charge in [0.15, 0.2) is 5.96 Å². The van der Waals surface area contributed by atoms with E-state index in [1.807, 2.05) is 7.05 Å². The van der Waals surface area contributed by atoms with Crippen molar-refractivity contribution in [1.82, 2.24) is 25.3 Å². The van der Waals surface area contributed by atoms with E-state index in [0.29, 0.717) is 6.04 Å². The number of hydrogen-bond donors (Lipinski definition) is 2. The molecule has 1 atom stereocenters. The van der Waals surface area contributed by atoms with Gasteiger partial charge in [-0.15, -0.1) is 24.0 Å². The summed E-state index contributed by atoms with van der Waals surface area (Å²) in [5, 5.41) is 7.07. The number of nitrogens with one attached hydrogen (secondary N) is 2. The standard InChI is InChI=1S/C23H40N6O.HI/c1-4-27-15-17-28(18-16-27)14-11-25-23(24-2)26-19-22(29-12-5-6-13-29)20-7-9-21(30-3)10-8-20;/h7-10,22H,4-6,11-19H2,1-3H3,(H2,24,25,26);1H. The highest BCUT2D eigenvalue weighted by molar-refractivity contribution is 14.0. The normalized spacial score (nSPS) is 19.6. The first-order valence-corrected chi connectivity index (χ1v) is 11.5. The van der Waals surface area contributed by atoms with Crippen LogP contribution in [-0.2, 0) is 0 Å². The van der Waals surface area contributed by atoms with Crippen LogP contribution >= 0.6 is 24.0 Å². The second-order valence-electron chi connectivity index (χ2n) is 8.19. The van der Waals surface area contributed by atoms with Crippen LogP contribution < -0.4 is 15.4 Å². The average Bonchev–Trinajstić information content (AvgIpc) is 3.33. The number of hydrogen-bond acceptors (Lipinski definition) is 5. The molecule has 0 saturated carbocycles. The van der Waals surface area contributed by atoms with Gasteiger partial charge >= 0.3 is 0 Å². The second-order valence-corrected chi connectivity index (χ2v) is 8.19. The highest BCUT2D eigenvalue weighted by atomic mass is 127. The summed E-state index contributed by atoms with van der Waals surface area (Å²) in [4.78, 5) is 12.1. The molecule has 3 rings (SSSR count). The van der Waals surface area contributed by atoms with Crippen molar-refractivity contribution >= 4 is 29.9 Å². The van der Waals surface area contributed by atoms with Crippen LogP contribution in [0.2, 0.25) is 0 Å². The summed E-state index contributed by atoms with van der Waals surface area (Å²) < 4.78 is 5.33. The van der Waals surface area contributed by atoms with Crippen molar-refractivity contribution in [2.24, 2.45) is 4.99 Å². The monoisotopic (exact) mass is 544 g/mol. The Bertz CT molecular complexity index is 642. The largest absolute Gasteiger partial charge is 0.497 e. The molecule has 1 aromatic carbocycles. The number of rotatable bonds is 9. The zero-order valence-corrected chi connectivity index (χ0v) is 21.8. The fourth-order valence-electron chi connectivity index (χ4n) is 4.41. The summed E-state index contributed by atoms with van der Waals surface area (Å²) in [6.07, 6.45) is 2.57. The third-order valence-electron chi connectivity index (χ3n) is 6.40. The van der Waals surface area contributed by atoms with Gasteiger partial charge in [0, 0.05) is 52.9 Å². The first kappa shape index (κ1) is 26.2. The molecule has 7 nitrogen and oxygen atoms in total. The molecule has 1 aromatic rings. The van der Waals surface area contributed by atoms with E-state index in [9.17, 15) is 0 Å². The zero-order valence-electron chi connectivity index (χ0n) is 19.5. The lowest BCUT2D eigenvalue weighted by molar-refractivity contribution is 0.139. The summed E-state index contributed by atoms with van der Waals surface area (Å²) in [6, 6.07) is 8.85. The average molecular weight is 545 g/mol. The first-order chi connectivity index (χ1) is 14.7. The molecule has 0 aliphatic carbocycles. The number of benzene rings is 1. The van der Waals surface area contributed by atoms with Crippen LogP contribution in [0.1, 0.15) is 31.4 Å². The summed E-state index contributed by atoms with van der Waals surface area (Å²) >= 11 is 0. The Hall–Kier alpha value is -1.10. The molecule has 31 heavy (non-hydrogen) atoms. The SMILES string of the molecule is CCN1CCN(CCNC(=NC)NCC(c2ccc(OC)cc2)N2CCCC2)CC1.I. The van der Waals surface area contributed by atoms with E-state index in [4.69, 9.17) is 4.74 Å². The van der Waals surface area contributed by atoms with Crippen molar-refractivity contribution in [3.05, 3.63) is 29.8 Å². The minimum Gasteiger partial charge on any atom is -0.497 e. The fourth-order valence-corrected chi connectivity index (χ4v) is 4.41. The third-order valence-corrected chi connectivity index (χ3v) is 6.40. The number of nitrogens with zero attached hydrogens (tertiary/aromatic N) is 4. The molecule has 8 heteroatoms. The number of methoxy groups -OCH3 is 1. The number of aliphatic imine (C=N–C) groups is 1. The van der Waals surface area contributed by atoms with Crippen molar-refractivity contribution < 1.29 is 4.74 Å². The maximum atomic E-state index is 5.33. The van der Waals surface area contributed by atoms with Crippen LogP contribution in [0.15, 0.2) is 29.3 Å². The van der Waals surface area contributed by atoms with E-state index in [1.165, 1.54) is 31.5 Å². The van der Waals surface area contributed by atoms with Gasteiger partial charge in [0.05, 0.1) is 13.2 Å². The van der Waals surface area contributed by atoms with Gasteiger partial charge in [-0.05, 0) is 50.2 Å². The maximum absolute atomic E-state index is 5.33. The molecular weight excluding hydrogens is 503 g/mol. The lowest BCUT2D eigenvalue weighted by Gasteiger charge is -2.34. The van der Waals surface area contributed by atoms with E-state index in [2.05, 4.69) is 61.5 Å². The Labute approximate surface area is 205 Å². The molecule has 0 aromatic heterocycles. The number of halogens is 1. The molecule has 1 unspecified atom stereocenters. The second kappa shape index (κ2) is 14.1. The zero-order chi connectivity index (χ0) is 21.2. The van der Waals surface area contributed by atoms with E-state index < -0.39 is 0 Å². The summed E-state index contributed by atoms with van der Waals surface area (Å²) in [6.45, 7) is 13.2. The molecule has 0 amide bonds. The van der Waals surface area contributed by atoms with Gasteiger partial charge in [-0.2, -0.15) is 0 Å². The Morgan fingerprint density at radius 2 is 1.65 bits per heavy atom. The van der Waals surface area contributed by atoms with Crippen LogP contribution in [0.3, 0.4) is 0 Å². The number of likely N-dealkylation sites (N-methyl/N-ethyl adjacent to an activating group) is 1. The van der Waals surface area contributed by atoms with Gasteiger partial charge in [0.1, 0.15) is 5.75 Å². The predicted octanol–water partition coefficient (Wildman–Crippen LogP) is 2.25. The quantitative estimate of drug-likeness (QED) is 0.283. The van der Waals surface area contributed by atoms with Crippen molar-refractivity contribution in [3.8, 4) is 5.75 Å². The maximum Gasteiger partial charge on any atom is 0.191 e. The van der Waals surface area contributed by atoms with Gasteiger partial charge in [0.2, 0.25) is 0 Å². The minimum absolute atomic E-state index is 0.